The Morgan fingerprint density at radius 2 is 2.08 bits per heavy atom. The Kier molecular flexibility index (Phi) is 4.81. The summed E-state index contributed by atoms with van der Waals surface area (Å²) < 4.78 is 7.16. The molecule has 0 saturated heterocycles. The number of rotatable bonds is 5. The van der Waals surface area contributed by atoms with Crippen molar-refractivity contribution in [3.05, 3.63) is 53.7 Å². The van der Waals surface area contributed by atoms with E-state index in [-0.39, 0.29) is 12.0 Å². The van der Waals surface area contributed by atoms with Crippen molar-refractivity contribution in [1.82, 2.24) is 19.5 Å². The van der Waals surface area contributed by atoms with E-state index in [1.807, 2.05) is 18.2 Å². The van der Waals surface area contributed by atoms with Crippen LogP contribution in [-0.2, 0) is 0 Å². The van der Waals surface area contributed by atoms with Crippen LogP contribution in [0.4, 0.5) is 10.7 Å². The Balaban J connectivity index is 1.50. The molecule has 0 radical (unpaired) electrons. The Hall–Kier alpha value is -2.80. The van der Waals surface area contributed by atoms with Gasteiger partial charge in [-0.2, -0.15) is 4.98 Å². The molecule has 3 rings (SSSR count). The number of aromatic nitrogens is 3. The van der Waals surface area contributed by atoms with Crippen molar-refractivity contribution in [3.63, 3.8) is 0 Å². The van der Waals surface area contributed by atoms with Crippen LogP contribution in [0.15, 0.2) is 48.7 Å². The molecule has 0 unspecified atom stereocenters. The standard InChI is InChI=1S/C16H16ClN5O2/c1-21(10-11-24-13-7-5-12(17)6-8-13)16(23)19-15-18-14-4-2-3-9-22(14)20-15/h2-9H,10-11H2,1H3,(H,19,20,23). The first-order valence-electron chi connectivity index (χ1n) is 7.34. The lowest BCUT2D eigenvalue weighted by Gasteiger charge is -2.17. The first-order valence-corrected chi connectivity index (χ1v) is 7.71. The molecule has 0 atom stereocenters. The molecular weight excluding hydrogens is 330 g/mol. The maximum absolute atomic E-state index is 12.1. The first-order chi connectivity index (χ1) is 11.6. The fourth-order valence-electron chi connectivity index (χ4n) is 2.01. The fraction of sp³-hybridized carbons (Fsp3) is 0.188. The van der Waals surface area contributed by atoms with Crippen LogP contribution < -0.4 is 10.1 Å². The predicted octanol–water partition coefficient (Wildman–Crippen LogP) is 2.93. The molecule has 0 fully saturated rings. The summed E-state index contributed by atoms with van der Waals surface area (Å²) in [6.07, 6.45) is 1.77. The third-order valence-electron chi connectivity index (χ3n) is 3.32. The molecule has 0 aliphatic heterocycles. The molecule has 0 aliphatic rings. The van der Waals surface area contributed by atoms with E-state index in [4.69, 9.17) is 16.3 Å². The van der Waals surface area contributed by atoms with Crippen molar-refractivity contribution in [2.24, 2.45) is 0 Å². The fourth-order valence-corrected chi connectivity index (χ4v) is 2.13. The van der Waals surface area contributed by atoms with Crippen molar-refractivity contribution < 1.29 is 9.53 Å². The molecule has 1 N–H and O–H groups in total. The molecule has 0 spiro atoms. The minimum absolute atomic E-state index is 0.261. The van der Waals surface area contributed by atoms with E-state index in [1.165, 1.54) is 4.90 Å². The highest BCUT2D eigenvalue weighted by Crippen LogP contribution is 2.15. The van der Waals surface area contributed by atoms with E-state index in [1.54, 1.807) is 42.0 Å². The zero-order chi connectivity index (χ0) is 16.9. The highest BCUT2D eigenvalue weighted by atomic mass is 35.5. The van der Waals surface area contributed by atoms with Gasteiger partial charge in [-0.15, -0.1) is 5.10 Å². The topological polar surface area (TPSA) is 71.8 Å². The number of amides is 2. The predicted molar refractivity (Wildman–Crippen MR) is 91.6 cm³/mol. The normalized spacial score (nSPS) is 10.6. The van der Waals surface area contributed by atoms with Crippen LogP contribution in [0.1, 0.15) is 0 Å². The number of benzene rings is 1. The maximum atomic E-state index is 12.1. The zero-order valence-corrected chi connectivity index (χ0v) is 13.8. The highest BCUT2D eigenvalue weighted by molar-refractivity contribution is 6.30. The van der Waals surface area contributed by atoms with Gasteiger partial charge in [0.05, 0.1) is 6.54 Å². The molecule has 124 valence electrons. The van der Waals surface area contributed by atoms with E-state index >= 15 is 0 Å². The number of nitrogens with zero attached hydrogens (tertiary/aromatic N) is 4. The molecule has 3 aromatic rings. The van der Waals surface area contributed by atoms with E-state index < -0.39 is 0 Å². The number of fused-ring (bicyclic) bond motifs is 1. The Labute approximate surface area is 143 Å². The number of hydrogen-bond acceptors (Lipinski definition) is 4. The Bertz CT molecular complexity index is 801. The molecule has 2 amide bonds. The van der Waals surface area contributed by atoms with Crippen LogP contribution in [-0.4, -0.2) is 45.7 Å². The number of halogens is 1. The van der Waals surface area contributed by atoms with Crippen molar-refractivity contribution in [1.29, 1.82) is 0 Å². The smallest absolute Gasteiger partial charge is 0.324 e. The van der Waals surface area contributed by atoms with Gasteiger partial charge in [0.15, 0.2) is 5.65 Å². The van der Waals surface area contributed by atoms with Gasteiger partial charge in [0.1, 0.15) is 12.4 Å². The third-order valence-corrected chi connectivity index (χ3v) is 3.57. The van der Waals surface area contributed by atoms with Gasteiger partial charge in [-0.3, -0.25) is 5.32 Å². The summed E-state index contributed by atoms with van der Waals surface area (Å²) in [5.74, 6) is 0.965. The number of pyridine rings is 1. The van der Waals surface area contributed by atoms with Gasteiger partial charge in [-0.25, -0.2) is 9.31 Å². The number of likely N-dealkylation sites (N-methyl/N-ethyl adjacent to an activating group) is 1. The van der Waals surface area contributed by atoms with Gasteiger partial charge in [0, 0.05) is 18.3 Å². The maximum Gasteiger partial charge on any atom is 0.324 e. The van der Waals surface area contributed by atoms with Gasteiger partial charge >= 0.3 is 6.03 Å². The van der Waals surface area contributed by atoms with Gasteiger partial charge < -0.3 is 9.64 Å². The minimum Gasteiger partial charge on any atom is -0.492 e. The van der Waals surface area contributed by atoms with Crippen LogP contribution in [0.5, 0.6) is 5.75 Å². The molecule has 2 heterocycles. The lowest BCUT2D eigenvalue weighted by atomic mass is 10.3. The number of anilines is 1. The summed E-state index contributed by atoms with van der Waals surface area (Å²) in [4.78, 5) is 17.9. The van der Waals surface area contributed by atoms with Crippen molar-refractivity contribution in [2.45, 2.75) is 0 Å². The second-order valence-electron chi connectivity index (χ2n) is 5.09. The van der Waals surface area contributed by atoms with Gasteiger partial charge in [-0.1, -0.05) is 17.7 Å². The summed E-state index contributed by atoms with van der Waals surface area (Å²) in [7, 11) is 1.68. The summed E-state index contributed by atoms with van der Waals surface area (Å²) >= 11 is 5.81. The average molecular weight is 346 g/mol. The van der Waals surface area contributed by atoms with E-state index in [0.717, 1.165) is 0 Å². The molecule has 8 heteroatoms. The van der Waals surface area contributed by atoms with Gasteiger partial charge in [-0.05, 0) is 36.4 Å². The minimum atomic E-state index is -0.300. The quantitative estimate of drug-likeness (QED) is 0.771. The summed E-state index contributed by atoms with van der Waals surface area (Å²) in [5, 5.41) is 7.48. The number of hydrogen-bond donors (Lipinski definition) is 1. The molecule has 0 bridgehead atoms. The lowest BCUT2D eigenvalue weighted by Crippen LogP contribution is -2.34. The number of carbonyl (C=O) groups is 1. The van der Waals surface area contributed by atoms with Crippen molar-refractivity contribution in [2.75, 3.05) is 25.5 Å². The molecule has 7 nitrogen and oxygen atoms in total. The average Bonchev–Trinajstić information content (AvgIpc) is 2.98. The van der Waals surface area contributed by atoms with E-state index in [9.17, 15) is 4.79 Å². The van der Waals surface area contributed by atoms with Crippen LogP contribution in [0.25, 0.3) is 5.65 Å². The van der Waals surface area contributed by atoms with Crippen molar-refractivity contribution >= 4 is 29.2 Å². The van der Waals surface area contributed by atoms with Crippen LogP contribution in [0.2, 0.25) is 5.02 Å². The van der Waals surface area contributed by atoms with E-state index in [2.05, 4.69) is 15.4 Å². The zero-order valence-electron chi connectivity index (χ0n) is 13.0. The Morgan fingerprint density at radius 1 is 1.29 bits per heavy atom. The van der Waals surface area contributed by atoms with Crippen LogP contribution >= 0.6 is 11.6 Å². The largest absolute Gasteiger partial charge is 0.492 e. The first kappa shape index (κ1) is 16.1. The second-order valence-corrected chi connectivity index (χ2v) is 5.53. The molecule has 1 aromatic carbocycles. The number of ether oxygens (including phenoxy) is 1. The molecule has 2 aromatic heterocycles. The summed E-state index contributed by atoms with van der Waals surface area (Å²) in [6.45, 7) is 0.784. The van der Waals surface area contributed by atoms with Crippen LogP contribution in [0, 0.1) is 0 Å². The monoisotopic (exact) mass is 345 g/mol. The van der Waals surface area contributed by atoms with Crippen molar-refractivity contribution in [3.8, 4) is 5.75 Å². The second kappa shape index (κ2) is 7.18. The molecule has 0 aliphatic carbocycles. The number of nitrogens with one attached hydrogen (secondary N) is 1. The number of urea groups is 1. The SMILES string of the molecule is CN(CCOc1ccc(Cl)cc1)C(=O)Nc1nc2ccccn2n1. The lowest BCUT2D eigenvalue weighted by molar-refractivity contribution is 0.207. The van der Waals surface area contributed by atoms with Gasteiger partial charge in [0.25, 0.3) is 5.95 Å². The van der Waals surface area contributed by atoms with E-state index in [0.29, 0.717) is 29.6 Å². The van der Waals surface area contributed by atoms with Gasteiger partial charge in [0.2, 0.25) is 0 Å². The highest BCUT2D eigenvalue weighted by Gasteiger charge is 2.12. The molecule has 24 heavy (non-hydrogen) atoms. The summed E-state index contributed by atoms with van der Waals surface area (Å²) in [6, 6.07) is 12.3. The number of carbonyl (C=O) groups excluding carboxylic acids is 1. The molecular formula is C16H16ClN5O2. The summed E-state index contributed by atoms with van der Waals surface area (Å²) in [5.41, 5.74) is 0.668. The third kappa shape index (κ3) is 3.94. The Morgan fingerprint density at radius 3 is 2.83 bits per heavy atom. The van der Waals surface area contributed by atoms with Crippen LogP contribution in [0.3, 0.4) is 0 Å². The molecule has 0 saturated carbocycles.